The Morgan fingerprint density at radius 1 is 1.44 bits per heavy atom. The first-order valence-corrected chi connectivity index (χ1v) is 6.94. The number of esters is 1. The lowest BCUT2D eigenvalue weighted by Crippen LogP contribution is -2.70. The van der Waals surface area contributed by atoms with Gasteiger partial charge in [0.25, 0.3) is 0 Å². The van der Waals surface area contributed by atoms with Crippen LogP contribution in [0.15, 0.2) is 0 Å². The molecule has 18 heavy (non-hydrogen) atoms. The van der Waals surface area contributed by atoms with Crippen molar-refractivity contribution in [3.05, 3.63) is 0 Å². The minimum absolute atomic E-state index is 0.197. The van der Waals surface area contributed by atoms with Crippen molar-refractivity contribution in [1.82, 2.24) is 5.32 Å². The predicted octanol–water partition coefficient (Wildman–Crippen LogP) is 1.88. The molecule has 0 bridgehead atoms. The molecule has 2 unspecified atom stereocenters. The predicted molar refractivity (Wildman–Crippen MR) is 69.3 cm³/mol. The van der Waals surface area contributed by atoms with Gasteiger partial charge in [0.15, 0.2) is 0 Å². The lowest BCUT2D eigenvalue weighted by molar-refractivity contribution is -0.181. The van der Waals surface area contributed by atoms with E-state index < -0.39 is 5.54 Å². The van der Waals surface area contributed by atoms with Crippen LogP contribution in [0.3, 0.4) is 0 Å². The third kappa shape index (κ3) is 2.05. The molecule has 2 aliphatic carbocycles. The molecule has 2 fully saturated rings. The fourth-order valence-electron chi connectivity index (χ4n) is 3.39. The first-order chi connectivity index (χ1) is 8.46. The number of hydrogen-bond acceptors (Lipinski definition) is 4. The van der Waals surface area contributed by atoms with Crippen molar-refractivity contribution in [2.24, 2.45) is 5.41 Å². The zero-order chi connectivity index (χ0) is 13.4. The maximum Gasteiger partial charge on any atom is 0.325 e. The molecule has 0 heterocycles. The number of carbonyl (C=O) groups excluding carboxylic acids is 1. The number of rotatable bonds is 5. The highest BCUT2D eigenvalue weighted by atomic mass is 16.5. The summed E-state index contributed by atoms with van der Waals surface area (Å²) in [4.78, 5) is 11.7. The van der Waals surface area contributed by atoms with Crippen molar-refractivity contribution in [2.75, 3.05) is 13.7 Å². The molecule has 0 radical (unpaired) electrons. The molecule has 4 nitrogen and oxygen atoms in total. The van der Waals surface area contributed by atoms with Crippen LogP contribution in [0.5, 0.6) is 0 Å². The molecule has 0 aromatic rings. The number of methoxy groups -OCH3 is 1. The van der Waals surface area contributed by atoms with Crippen LogP contribution in [0.4, 0.5) is 0 Å². The lowest BCUT2D eigenvalue weighted by Gasteiger charge is -2.62. The van der Waals surface area contributed by atoms with Crippen LogP contribution in [0.1, 0.15) is 46.5 Å². The minimum atomic E-state index is -0.612. The van der Waals surface area contributed by atoms with Crippen LogP contribution in [0.25, 0.3) is 0 Å². The van der Waals surface area contributed by atoms with Gasteiger partial charge in [-0.3, -0.25) is 10.1 Å². The van der Waals surface area contributed by atoms with E-state index in [1.807, 2.05) is 20.8 Å². The zero-order valence-corrected chi connectivity index (χ0v) is 11.9. The molecule has 2 aliphatic rings. The third-order valence-electron chi connectivity index (χ3n) is 4.67. The number of nitrogens with one attached hydrogen (secondary N) is 1. The van der Waals surface area contributed by atoms with E-state index in [0.717, 1.165) is 13.0 Å². The van der Waals surface area contributed by atoms with Crippen LogP contribution in [-0.4, -0.2) is 37.4 Å². The monoisotopic (exact) mass is 255 g/mol. The summed E-state index contributed by atoms with van der Waals surface area (Å²) in [6.07, 6.45) is 5.09. The van der Waals surface area contributed by atoms with Gasteiger partial charge in [-0.1, -0.05) is 6.42 Å². The Bertz CT molecular complexity index is 323. The third-order valence-corrected chi connectivity index (χ3v) is 4.67. The Balaban J connectivity index is 1.97. The molecule has 1 spiro atoms. The van der Waals surface area contributed by atoms with Gasteiger partial charge in [0.2, 0.25) is 0 Å². The van der Waals surface area contributed by atoms with Crippen LogP contribution >= 0.6 is 0 Å². The summed E-state index contributed by atoms with van der Waals surface area (Å²) in [5.74, 6) is -0.197. The summed E-state index contributed by atoms with van der Waals surface area (Å²) < 4.78 is 10.7. The van der Waals surface area contributed by atoms with Crippen LogP contribution in [0.2, 0.25) is 0 Å². The van der Waals surface area contributed by atoms with Crippen LogP contribution in [-0.2, 0) is 14.3 Å². The largest absolute Gasteiger partial charge is 0.468 e. The summed E-state index contributed by atoms with van der Waals surface area (Å²) in [5, 5.41) is 3.47. The fourth-order valence-corrected chi connectivity index (χ4v) is 3.39. The molecule has 0 aromatic heterocycles. The maximum atomic E-state index is 11.7. The van der Waals surface area contributed by atoms with Crippen LogP contribution in [0, 0.1) is 5.41 Å². The van der Waals surface area contributed by atoms with E-state index in [4.69, 9.17) is 9.47 Å². The summed E-state index contributed by atoms with van der Waals surface area (Å²) in [7, 11) is 1.44. The van der Waals surface area contributed by atoms with E-state index in [1.54, 1.807) is 0 Å². The molecule has 0 saturated heterocycles. The van der Waals surface area contributed by atoms with Gasteiger partial charge in [0.05, 0.1) is 13.2 Å². The second-order valence-electron chi connectivity index (χ2n) is 6.08. The van der Waals surface area contributed by atoms with Crippen LogP contribution < -0.4 is 5.32 Å². The van der Waals surface area contributed by atoms with Crippen molar-refractivity contribution in [2.45, 2.75) is 64.1 Å². The summed E-state index contributed by atoms with van der Waals surface area (Å²) in [6.45, 7) is 6.60. The van der Waals surface area contributed by atoms with Crippen molar-refractivity contribution in [3.63, 3.8) is 0 Å². The zero-order valence-electron chi connectivity index (χ0n) is 11.9. The highest BCUT2D eigenvalue weighted by Gasteiger charge is 2.60. The highest BCUT2D eigenvalue weighted by molar-refractivity contribution is 5.79. The molecular formula is C14H25NO3. The molecule has 104 valence electrons. The molecule has 0 amide bonds. The van der Waals surface area contributed by atoms with Gasteiger partial charge in [0.1, 0.15) is 5.54 Å². The van der Waals surface area contributed by atoms with E-state index in [2.05, 4.69) is 5.32 Å². The average molecular weight is 255 g/mol. The molecule has 0 aromatic carbocycles. The normalized spacial score (nSPS) is 29.6. The topological polar surface area (TPSA) is 47.6 Å². The molecule has 2 rings (SSSR count). The standard InChI is InChI=1S/C14H25NO3/c1-5-18-11-9-10(14(11)7-6-8-14)15-13(2,3)12(16)17-4/h10-11,15H,5-9H2,1-4H3. The van der Waals surface area contributed by atoms with Gasteiger partial charge in [0, 0.05) is 18.1 Å². The molecular weight excluding hydrogens is 230 g/mol. The molecule has 4 heteroatoms. The Morgan fingerprint density at radius 3 is 2.56 bits per heavy atom. The Hall–Kier alpha value is -0.610. The van der Waals surface area contributed by atoms with Gasteiger partial charge < -0.3 is 9.47 Å². The number of carbonyl (C=O) groups is 1. The Labute approximate surface area is 109 Å². The van der Waals surface area contributed by atoms with Gasteiger partial charge in [-0.25, -0.2) is 0 Å². The number of hydrogen-bond donors (Lipinski definition) is 1. The second kappa shape index (κ2) is 4.82. The summed E-state index contributed by atoms with van der Waals surface area (Å²) >= 11 is 0. The first kappa shape index (κ1) is 13.8. The number of ether oxygens (including phenoxy) is 2. The fraction of sp³-hybridized carbons (Fsp3) is 0.929. The Morgan fingerprint density at radius 2 is 2.11 bits per heavy atom. The lowest BCUT2D eigenvalue weighted by atomic mass is 9.50. The Kier molecular flexibility index (Phi) is 3.70. The molecule has 0 aliphatic heterocycles. The van der Waals surface area contributed by atoms with Crippen molar-refractivity contribution in [1.29, 1.82) is 0 Å². The van der Waals surface area contributed by atoms with Gasteiger partial charge in [-0.15, -0.1) is 0 Å². The molecule has 1 N–H and O–H groups in total. The average Bonchev–Trinajstić information content (AvgIpc) is 2.23. The van der Waals surface area contributed by atoms with E-state index in [1.165, 1.54) is 26.4 Å². The van der Waals surface area contributed by atoms with Crippen molar-refractivity contribution in [3.8, 4) is 0 Å². The van der Waals surface area contributed by atoms with E-state index in [0.29, 0.717) is 12.1 Å². The quantitative estimate of drug-likeness (QED) is 0.762. The van der Waals surface area contributed by atoms with E-state index in [9.17, 15) is 4.79 Å². The van der Waals surface area contributed by atoms with Crippen molar-refractivity contribution < 1.29 is 14.3 Å². The molecule has 2 saturated carbocycles. The van der Waals surface area contributed by atoms with Gasteiger partial charge in [-0.05, 0) is 40.0 Å². The maximum absolute atomic E-state index is 11.7. The SMILES string of the molecule is CCOC1CC(NC(C)(C)C(=O)OC)C12CCC2. The van der Waals surface area contributed by atoms with Gasteiger partial charge in [-0.2, -0.15) is 0 Å². The minimum Gasteiger partial charge on any atom is -0.468 e. The van der Waals surface area contributed by atoms with Crippen molar-refractivity contribution >= 4 is 5.97 Å². The van der Waals surface area contributed by atoms with E-state index >= 15 is 0 Å². The second-order valence-corrected chi connectivity index (χ2v) is 6.08. The van der Waals surface area contributed by atoms with Gasteiger partial charge >= 0.3 is 5.97 Å². The summed E-state index contributed by atoms with van der Waals surface area (Å²) in [5.41, 5.74) is -0.333. The molecule has 2 atom stereocenters. The highest BCUT2D eigenvalue weighted by Crippen LogP contribution is 2.57. The smallest absolute Gasteiger partial charge is 0.325 e. The first-order valence-electron chi connectivity index (χ1n) is 6.94. The summed E-state index contributed by atoms with van der Waals surface area (Å²) in [6, 6.07) is 0.386. The van der Waals surface area contributed by atoms with E-state index in [-0.39, 0.29) is 11.4 Å².